The number of hydrogen-bond acceptors (Lipinski definition) is 8. The van der Waals surface area contributed by atoms with Crippen LogP contribution >= 0.6 is 0 Å². The molecular weight excluding hydrogens is 302 g/mol. The maximum absolute atomic E-state index is 10.2. The van der Waals surface area contributed by atoms with E-state index < -0.39 is 24.5 Å². The fraction of sp³-hybridized carbons (Fsp3) is 0.500. The van der Waals surface area contributed by atoms with Gasteiger partial charge in [0.2, 0.25) is 0 Å². The summed E-state index contributed by atoms with van der Waals surface area (Å²) in [6.07, 6.45) is 1.76. The van der Waals surface area contributed by atoms with Crippen LogP contribution in [0.15, 0.2) is 25.3 Å². The monoisotopic (exact) mass is 321 g/mol. The molecule has 3 heterocycles. The molecule has 23 heavy (non-hydrogen) atoms. The highest BCUT2D eigenvalue weighted by Crippen LogP contribution is 2.33. The van der Waals surface area contributed by atoms with Gasteiger partial charge in [0, 0.05) is 13.7 Å². The largest absolute Gasteiger partial charge is 0.394 e. The minimum absolute atomic E-state index is 0.300. The van der Waals surface area contributed by atoms with E-state index in [1.807, 2.05) is 0 Å². The number of aliphatic hydroxyl groups is 2. The number of imidazole rings is 1. The van der Waals surface area contributed by atoms with Gasteiger partial charge in [-0.15, -0.1) is 6.58 Å². The molecule has 1 saturated heterocycles. The molecule has 3 N–H and O–H groups in total. The molecule has 124 valence electrons. The smallest absolute Gasteiger partial charge is 0.167 e. The summed E-state index contributed by atoms with van der Waals surface area (Å²) in [5.74, 6) is 0.583. The van der Waals surface area contributed by atoms with E-state index in [2.05, 4.69) is 26.8 Å². The summed E-state index contributed by atoms with van der Waals surface area (Å²) in [5, 5.41) is 22.6. The Morgan fingerprint density at radius 2 is 2.30 bits per heavy atom. The van der Waals surface area contributed by atoms with E-state index in [9.17, 15) is 10.2 Å². The third-order valence-electron chi connectivity index (χ3n) is 3.81. The van der Waals surface area contributed by atoms with E-state index in [1.54, 1.807) is 17.0 Å². The average molecular weight is 321 g/mol. The number of nitrogens with zero attached hydrogens (tertiary/aromatic N) is 4. The summed E-state index contributed by atoms with van der Waals surface area (Å²) in [6.45, 7) is 3.90. The van der Waals surface area contributed by atoms with Gasteiger partial charge in [0.15, 0.2) is 23.2 Å². The lowest BCUT2D eigenvalue weighted by atomic mass is 10.1. The number of aliphatic hydroxyl groups excluding tert-OH is 2. The second kappa shape index (κ2) is 6.59. The van der Waals surface area contributed by atoms with Crippen molar-refractivity contribution < 1.29 is 19.7 Å². The van der Waals surface area contributed by atoms with Crippen molar-refractivity contribution in [3.8, 4) is 0 Å². The standard InChI is InChI=1S/C14H19N5O4/c1-3-4-15-12-9-13(17-6-16-12)19(7-18-9)14-11(22-2)10(21)8(5-20)23-14/h3,6-8,10-11,14,20-21H,1,4-5H2,2H3,(H,15,16,17)/t8-,10?,11?,14-/m1/s1. The van der Waals surface area contributed by atoms with Crippen LogP contribution in [0.3, 0.4) is 0 Å². The predicted molar refractivity (Wildman–Crippen MR) is 81.8 cm³/mol. The molecule has 2 unspecified atom stereocenters. The van der Waals surface area contributed by atoms with Gasteiger partial charge in [-0.05, 0) is 0 Å². The number of fused-ring (bicyclic) bond motifs is 1. The van der Waals surface area contributed by atoms with Gasteiger partial charge in [-0.1, -0.05) is 6.08 Å². The van der Waals surface area contributed by atoms with Crippen molar-refractivity contribution in [1.29, 1.82) is 0 Å². The van der Waals surface area contributed by atoms with Crippen LogP contribution in [0.4, 0.5) is 5.82 Å². The van der Waals surface area contributed by atoms with Gasteiger partial charge in [0.25, 0.3) is 0 Å². The third-order valence-corrected chi connectivity index (χ3v) is 3.81. The van der Waals surface area contributed by atoms with Crippen LogP contribution in [0.25, 0.3) is 11.2 Å². The molecule has 9 heteroatoms. The molecule has 9 nitrogen and oxygen atoms in total. The molecule has 0 spiro atoms. The van der Waals surface area contributed by atoms with Gasteiger partial charge in [0.05, 0.1) is 12.9 Å². The molecule has 1 aliphatic heterocycles. The van der Waals surface area contributed by atoms with E-state index in [1.165, 1.54) is 13.4 Å². The molecule has 1 fully saturated rings. The number of hydrogen-bond donors (Lipinski definition) is 3. The van der Waals surface area contributed by atoms with Crippen molar-refractivity contribution in [2.45, 2.75) is 24.5 Å². The Kier molecular flexibility index (Phi) is 4.53. The molecule has 0 radical (unpaired) electrons. The maximum Gasteiger partial charge on any atom is 0.167 e. The normalized spacial score (nSPS) is 27.4. The molecule has 0 amide bonds. The first kappa shape index (κ1) is 15.8. The molecule has 1 aliphatic rings. The van der Waals surface area contributed by atoms with Crippen LogP contribution in [-0.4, -0.2) is 68.3 Å². The van der Waals surface area contributed by atoms with Crippen molar-refractivity contribution >= 4 is 17.0 Å². The van der Waals surface area contributed by atoms with Gasteiger partial charge < -0.3 is 25.0 Å². The van der Waals surface area contributed by atoms with Gasteiger partial charge in [-0.25, -0.2) is 15.0 Å². The fourth-order valence-electron chi connectivity index (χ4n) is 2.68. The highest BCUT2D eigenvalue weighted by atomic mass is 16.6. The van der Waals surface area contributed by atoms with Crippen LogP contribution in [0.5, 0.6) is 0 Å². The van der Waals surface area contributed by atoms with Crippen molar-refractivity contribution in [3.63, 3.8) is 0 Å². The number of aromatic nitrogens is 4. The fourth-order valence-corrected chi connectivity index (χ4v) is 2.68. The molecular formula is C14H19N5O4. The van der Waals surface area contributed by atoms with Gasteiger partial charge >= 0.3 is 0 Å². The van der Waals surface area contributed by atoms with Gasteiger partial charge in [0.1, 0.15) is 24.6 Å². The lowest BCUT2D eigenvalue weighted by molar-refractivity contribution is -0.0583. The highest BCUT2D eigenvalue weighted by molar-refractivity contribution is 5.82. The average Bonchev–Trinajstić information content (AvgIpc) is 3.13. The van der Waals surface area contributed by atoms with E-state index >= 15 is 0 Å². The Labute approximate surface area is 132 Å². The second-order valence-corrected chi connectivity index (χ2v) is 5.15. The lowest BCUT2D eigenvalue weighted by Crippen LogP contribution is -2.34. The highest BCUT2D eigenvalue weighted by Gasteiger charge is 2.45. The first-order chi connectivity index (χ1) is 11.2. The van der Waals surface area contributed by atoms with Gasteiger partial charge in [-0.2, -0.15) is 0 Å². The zero-order valence-corrected chi connectivity index (χ0v) is 12.7. The zero-order valence-electron chi connectivity index (χ0n) is 12.7. The zero-order chi connectivity index (χ0) is 16.4. The minimum atomic E-state index is -0.937. The number of ether oxygens (including phenoxy) is 2. The first-order valence-corrected chi connectivity index (χ1v) is 7.20. The van der Waals surface area contributed by atoms with Crippen molar-refractivity contribution in [2.75, 3.05) is 25.6 Å². The molecule has 0 aliphatic carbocycles. The second-order valence-electron chi connectivity index (χ2n) is 5.15. The van der Waals surface area contributed by atoms with Crippen LogP contribution < -0.4 is 5.32 Å². The topological polar surface area (TPSA) is 115 Å². The summed E-state index contributed by atoms with van der Waals surface area (Å²) in [7, 11) is 1.48. The van der Waals surface area contributed by atoms with E-state index in [-0.39, 0.29) is 6.61 Å². The lowest BCUT2D eigenvalue weighted by Gasteiger charge is -2.19. The van der Waals surface area contributed by atoms with Crippen LogP contribution in [0.2, 0.25) is 0 Å². The Morgan fingerprint density at radius 3 is 3.00 bits per heavy atom. The van der Waals surface area contributed by atoms with Gasteiger partial charge in [-0.3, -0.25) is 4.57 Å². The SMILES string of the molecule is C=CCNc1ncnc2c1ncn2[C@@H]1O[C@H](CO)C(O)C1OC. The Balaban J connectivity index is 1.98. The summed E-state index contributed by atoms with van der Waals surface area (Å²) in [5.41, 5.74) is 1.12. The minimum Gasteiger partial charge on any atom is -0.394 e. The Morgan fingerprint density at radius 1 is 1.48 bits per heavy atom. The van der Waals surface area contributed by atoms with E-state index in [4.69, 9.17) is 9.47 Å². The molecule has 0 bridgehead atoms. The maximum atomic E-state index is 10.2. The number of methoxy groups -OCH3 is 1. The molecule has 0 aromatic carbocycles. The van der Waals surface area contributed by atoms with Crippen molar-refractivity contribution in [3.05, 3.63) is 25.3 Å². The number of nitrogens with one attached hydrogen (secondary N) is 1. The number of anilines is 1. The molecule has 2 aromatic heterocycles. The Hall–Kier alpha value is -2.07. The summed E-state index contributed by atoms with van der Waals surface area (Å²) in [6, 6.07) is 0. The van der Waals surface area contributed by atoms with Crippen molar-refractivity contribution in [1.82, 2.24) is 19.5 Å². The molecule has 3 rings (SSSR count). The quantitative estimate of drug-likeness (QED) is 0.621. The molecule has 0 saturated carbocycles. The first-order valence-electron chi connectivity index (χ1n) is 7.20. The third kappa shape index (κ3) is 2.68. The van der Waals surface area contributed by atoms with Crippen molar-refractivity contribution in [2.24, 2.45) is 0 Å². The van der Waals surface area contributed by atoms with Crippen LogP contribution in [0, 0.1) is 0 Å². The molecule has 2 aromatic rings. The predicted octanol–water partition coefficient (Wildman–Crippen LogP) is -0.310. The summed E-state index contributed by atoms with van der Waals surface area (Å²) >= 11 is 0. The summed E-state index contributed by atoms with van der Waals surface area (Å²) < 4.78 is 12.7. The van der Waals surface area contributed by atoms with Crippen LogP contribution in [0.1, 0.15) is 6.23 Å². The Bertz CT molecular complexity index is 691. The van der Waals surface area contributed by atoms with E-state index in [0.717, 1.165) is 0 Å². The molecule has 4 atom stereocenters. The van der Waals surface area contributed by atoms with Crippen LogP contribution in [-0.2, 0) is 9.47 Å². The van der Waals surface area contributed by atoms with E-state index in [0.29, 0.717) is 23.5 Å². The summed E-state index contributed by atoms with van der Waals surface area (Å²) in [4.78, 5) is 12.7. The number of rotatable bonds is 6.